The van der Waals surface area contributed by atoms with Crippen molar-refractivity contribution in [1.82, 2.24) is 9.80 Å². The van der Waals surface area contributed by atoms with Gasteiger partial charge in [-0.15, -0.1) is 0 Å². The highest BCUT2D eigenvalue weighted by Gasteiger charge is 2.49. The number of allylic oxidation sites excluding steroid dienone is 1. The molecule has 9 nitrogen and oxygen atoms in total. The molecule has 0 bridgehead atoms. The molecule has 3 aliphatic heterocycles. The van der Waals surface area contributed by atoms with Crippen molar-refractivity contribution in [2.45, 2.75) is 38.6 Å². The number of piperidine rings is 2. The summed E-state index contributed by atoms with van der Waals surface area (Å²) >= 11 is 0. The maximum absolute atomic E-state index is 13.8. The monoisotopic (exact) mass is 577 g/mol. The third kappa shape index (κ3) is 5.72. The van der Waals surface area contributed by atoms with Crippen LogP contribution in [0.3, 0.4) is 0 Å². The minimum atomic E-state index is -0.445. The number of halogens is 1. The highest BCUT2D eigenvalue weighted by molar-refractivity contribution is 6.09. The zero-order valence-corrected chi connectivity index (χ0v) is 24.4. The summed E-state index contributed by atoms with van der Waals surface area (Å²) in [6.45, 7) is 4.14. The Kier molecular flexibility index (Phi) is 8.82. The largest absolute Gasteiger partial charge is 0.496 e. The summed E-state index contributed by atoms with van der Waals surface area (Å²) < 4.78 is 24.4. The topological polar surface area (TPSA) is 112 Å². The molecule has 224 valence electrons. The van der Waals surface area contributed by atoms with Gasteiger partial charge < -0.3 is 30.4 Å². The second-order valence-corrected chi connectivity index (χ2v) is 11.5. The van der Waals surface area contributed by atoms with E-state index in [1.54, 1.807) is 19.2 Å². The van der Waals surface area contributed by atoms with Crippen LogP contribution in [0.1, 0.15) is 43.2 Å². The van der Waals surface area contributed by atoms with E-state index in [1.807, 2.05) is 28.0 Å². The van der Waals surface area contributed by atoms with Crippen molar-refractivity contribution in [2.24, 2.45) is 17.1 Å². The highest BCUT2D eigenvalue weighted by atomic mass is 19.1. The third-order valence-electron chi connectivity index (χ3n) is 9.25. The number of likely N-dealkylation sites (tertiary alicyclic amines) is 2. The molecule has 3 N–H and O–H groups in total. The molecular formula is C32H40FN5O4. The molecule has 2 aromatic rings. The number of methoxy groups -OCH3 is 2. The molecule has 0 saturated carbocycles. The van der Waals surface area contributed by atoms with Gasteiger partial charge in [-0.25, -0.2) is 4.39 Å². The van der Waals surface area contributed by atoms with Crippen molar-refractivity contribution < 1.29 is 23.5 Å². The quantitative estimate of drug-likeness (QED) is 0.458. The smallest absolute Gasteiger partial charge is 0.233 e. The van der Waals surface area contributed by atoms with E-state index in [1.165, 1.54) is 25.6 Å². The van der Waals surface area contributed by atoms with Crippen LogP contribution in [0.25, 0.3) is 5.57 Å². The van der Waals surface area contributed by atoms with Crippen LogP contribution < -0.4 is 20.1 Å². The molecule has 2 aromatic carbocycles. The fourth-order valence-electron chi connectivity index (χ4n) is 6.64. The predicted octanol–water partition coefficient (Wildman–Crippen LogP) is 4.05. The van der Waals surface area contributed by atoms with Crippen LogP contribution in [0.15, 0.2) is 42.6 Å². The van der Waals surface area contributed by atoms with Crippen molar-refractivity contribution in [3.05, 3.63) is 59.5 Å². The minimum absolute atomic E-state index is 0.00626. The van der Waals surface area contributed by atoms with E-state index < -0.39 is 5.41 Å². The van der Waals surface area contributed by atoms with Crippen molar-refractivity contribution in [3.8, 4) is 11.5 Å². The first-order chi connectivity index (χ1) is 20.3. The molecule has 0 aliphatic carbocycles. The first-order valence-electron chi connectivity index (χ1n) is 14.6. The first kappa shape index (κ1) is 29.6. The summed E-state index contributed by atoms with van der Waals surface area (Å²) in [5, 5.41) is 7.59. The maximum atomic E-state index is 13.8. The number of nitrogens with two attached hydrogens (primary N) is 1. The zero-order valence-electron chi connectivity index (χ0n) is 24.4. The van der Waals surface area contributed by atoms with Crippen LogP contribution in [0.4, 0.5) is 10.1 Å². The van der Waals surface area contributed by atoms with Crippen LogP contribution >= 0.6 is 0 Å². The van der Waals surface area contributed by atoms with Gasteiger partial charge in [-0.2, -0.15) is 0 Å². The van der Waals surface area contributed by atoms with Crippen molar-refractivity contribution in [2.75, 3.05) is 51.8 Å². The lowest BCUT2D eigenvalue weighted by atomic mass is 9.76. The van der Waals surface area contributed by atoms with E-state index in [4.69, 9.17) is 20.6 Å². The Bertz CT molecular complexity index is 1360. The van der Waals surface area contributed by atoms with Gasteiger partial charge in [-0.3, -0.25) is 14.5 Å². The highest BCUT2D eigenvalue weighted by Crippen LogP contribution is 2.44. The normalized spacial score (nSPS) is 19.8. The molecule has 0 radical (unpaired) electrons. The lowest BCUT2D eigenvalue weighted by molar-refractivity contribution is -0.142. The van der Waals surface area contributed by atoms with Gasteiger partial charge in [0.2, 0.25) is 11.8 Å². The molecule has 3 heterocycles. The average Bonchev–Trinajstić information content (AvgIpc) is 3.33. The van der Waals surface area contributed by atoms with Gasteiger partial charge >= 0.3 is 0 Å². The van der Waals surface area contributed by atoms with Gasteiger partial charge in [-0.05, 0) is 75.0 Å². The molecule has 2 amide bonds. The molecule has 5 rings (SSSR count). The molecule has 10 heteroatoms. The number of nitrogens with zero attached hydrogens (tertiary/aromatic N) is 3. The summed E-state index contributed by atoms with van der Waals surface area (Å²) in [5.41, 5.74) is 8.22. The number of carbonyl (C=O) groups excluding carboxylic acids is 2. The fraction of sp³-hybridized carbons (Fsp3) is 0.469. The Labute approximate surface area is 246 Å². The number of ether oxygens (including phenoxy) is 2. The first-order valence-corrected chi connectivity index (χ1v) is 14.6. The van der Waals surface area contributed by atoms with Crippen LogP contribution in [0, 0.1) is 22.6 Å². The number of carbonyl (C=O) groups is 2. The third-order valence-corrected chi connectivity index (χ3v) is 9.25. The summed E-state index contributed by atoms with van der Waals surface area (Å²) in [4.78, 5) is 33.2. The van der Waals surface area contributed by atoms with E-state index >= 15 is 0 Å². The number of nitrogens with one attached hydrogen (secondary N) is 1. The lowest BCUT2D eigenvalue weighted by Gasteiger charge is -2.40. The lowest BCUT2D eigenvalue weighted by Crippen LogP contribution is -2.49. The maximum Gasteiger partial charge on any atom is 0.233 e. The summed E-state index contributed by atoms with van der Waals surface area (Å²) in [6.07, 6.45) is 6.23. The second-order valence-electron chi connectivity index (χ2n) is 11.5. The van der Waals surface area contributed by atoms with Crippen molar-refractivity contribution in [3.63, 3.8) is 0 Å². The van der Waals surface area contributed by atoms with Gasteiger partial charge in [0.25, 0.3) is 0 Å². The van der Waals surface area contributed by atoms with Crippen LogP contribution in [0.2, 0.25) is 0 Å². The Morgan fingerprint density at radius 1 is 1.02 bits per heavy atom. The Morgan fingerprint density at radius 2 is 1.71 bits per heavy atom. The SMILES string of the molecule is COc1cc(CN2CCC(C(=O)N3CCC4(CC3)CCN(c3ccc(/C(C=N)=C/N)c(OC)c3)C4=O)CC2)ccc1F. The number of hydrogen-bond acceptors (Lipinski definition) is 7. The Hall–Kier alpha value is -3.92. The van der Waals surface area contributed by atoms with Crippen LogP contribution in [0.5, 0.6) is 11.5 Å². The Balaban J connectivity index is 1.15. The van der Waals surface area contributed by atoms with Crippen LogP contribution in [-0.2, 0) is 16.1 Å². The molecule has 0 aromatic heterocycles. The van der Waals surface area contributed by atoms with Gasteiger partial charge in [-0.1, -0.05) is 6.07 Å². The number of amides is 2. The van der Waals surface area contributed by atoms with Crippen LogP contribution in [-0.4, -0.2) is 74.8 Å². The van der Waals surface area contributed by atoms with Gasteiger partial charge in [0.15, 0.2) is 11.6 Å². The number of benzene rings is 2. The summed E-state index contributed by atoms with van der Waals surface area (Å²) in [5.74, 6) is 0.745. The van der Waals surface area contributed by atoms with E-state index in [0.29, 0.717) is 55.9 Å². The average molecular weight is 578 g/mol. The summed E-state index contributed by atoms with van der Waals surface area (Å²) in [6, 6.07) is 10.5. The molecule has 3 aliphatic rings. The van der Waals surface area contributed by atoms with Crippen molar-refractivity contribution >= 4 is 29.3 Å². The van der Waals surface area contributed by atoms with Gasteiger partial charge in [0.05, 0.1) is 19.6 Å². The van der Waals surface area contributed by atoms with Gasteiger partial charge in [0.1, 0.15) is 5.75 Å². The molecule has 3 saturated heterocycles. The number of rotatable bonds is 8. The molecule has 42 heavy (non-hydrogen) atoms. The predicted molar refractivity (Wildman–Crippen MR) is 160 cm³/mol. The molecule has 0 unspecified atom stereocenters. The minimum Gasteiger partial charge on any atom is -0.496 e. The molecular weight excluding hydrogens is 537 g/mol. The second kappa shape index (κ2) is 12.5. The molecule has 3 fully saturated rings. The fourth-order valence-corrected chi connectivity index (χ4v) is 6.64. The molecule has 0 atom stereocenters. The van der Waals surface area contributed by atoms with E-state index in [0.717, 1.165) is 43.6 Å². The van der Waals surface area contributed by atoms with Crippen molar-refractivity contribution in [1.29, 1.82) is 5.41 Å². The number of hydrogen-bond donors (Lipinski definition) is 2. The molecule has 1 spiro atoms. The zero-order chi connectivity index (χ0) is 29.9. The number of anilines is 1. The van der Waals surface area contributed by atoms with Gasteiger partial charge in [0, 0.05) is 67.4 Å². The van der Waals surface area contributed by atoms with E-state index in [-0.39, 0.29) is 29.3 Å². The van der Waals surface area contributed by atoms with E-state index in [2.05, 4.69) is 4.90 Å². The summed E-state index contributed by atoms with van der Waals surface area (Å²) in [7, 11) is 3.03. The standard InChI is InChI=1S/C32H40FN5O4/c1-41-28-18-25(4-5-26(28)24(19-34)20-35)38-16-11-32(31(38)40)9-14-37(15-10-32)30(39)23-7-12-36(13-8-23)21-22-3-6-27(33)29(17-22)42-2/h3-6,17-20,23,34H,7-16,21,35H2,1-2H3/b24-20+,34-19?. The Morgan fingerprint density at radius 3 is 2.36 bits per heavy atom. The van der Waals surface area contributed by atoms with E-state index in [9.17, 15) is 14.0 Å².